The largest absolute Gasteiger partial charge is 0.337 e. The van der Waals surface area contributed by atoms with Gasteiger partial charge in [0.25, 0.3) is 0 Å². The maximum Gasteiger partial charge on any atom is 0.0991 e. The van der Waals surface area contributed by atoms with Crippen LogP contribution in [0.5, 0.6) is 0 Å². The number of allylic oxidation sites excluding steroid dienone is 6. The Morgan fingerprint density at radius 3 is 1.98 bits per heavy atom. The van der Waals surface area contributed by atoms with Crippen LogP contribution in [0, 0.1) is 22.7 Å². The molecule has 0 aliphatic heterocycles. The Kier molecular flexibility index (Phi) is 6.82. The summed E-state index contributed by atoms with van der Waals surface area (Å²) >= 11 is 0. The maximum absolute atomic E-state index is 9.49. The van der Waals surface area contributed by atoms with Crippen molar-refractivity contribution in [3.8, 4) is 12.1 Å². The van der Waals surface area contributed by atoms with Crippen LogP contribution in [-0.4, -0.2) is 6.04 Å². The van der Waals surface area contributed by atoms with Gasteiger partial charge in [0.15, 0.2) is 0 Å². The van der Waals surface area contributed by atoms with Gasteiger partial charge in [0.05, 0.1) is 29.4 Å². The molecule has 0 radical (unpaired) electrons. The van der Waals surface area contributed by atoms with E-state index in [2.05, 4.69) is 125 Å². The maximum atomic E-state index is 9.49. The Balaban J connectivity index is 1.36. The molecule has 46 heavy (non-hydrogen) atoms. The first-order valence-electron chi connectivity index (χ1n) is 15.7. The fourth-order valence-corrected chi connectivity index (χ4v) is 7.09. The summed E-state index contributed by atoms with van der Waals surface area (Å²) < 4.78 is 0. The molecular weight excluding hydrogens is 560 g/mol. The van der Waals surface area contributed by atoms with Crippen molar-refractivity contribution in [2.45, 2.75) is 25.3 Å². The highest BCUT2D eigenvalue weighted by atomic mass is 15.2. The third kappa shape index (κ3) is 4.60. The number of anilines is 4. The van der Waals surface area contributed by atoms with Crippen LogP contribution in [-0.2, 0) is 0 Å². The van der Waals surface area contributed by atoms with Crippen LogP contribution >= 0.6 is 0 Å². The molecule has 0 aromatic heterocycles. The van der Waals surface area contributed by atoms with Gasteiger partial charge in [-0.1, -0.05) is 78.9 Å². The first-order chi connectivity index (χ1) is 22.7. The van der Waals surface area contributed by atoms with Crippen LogP contribution in [0.25, 0.3) is 32.3 Å². The van der Waals surface area contributed by atoms with Gasteiger partial charge in [0.2, 0.25) is 0 Å². The summed E-state index contributed by atoms with van der Waals surface area (Å²) in [5, 5.41) is 26.3. The van der Waals surface area contributed by atoms with Gasteiger partial charge >= 0.3 is 0 Å². The molecule has 6 aromatic rings. The Bertz CT molecular complexity index is 2310. The quantitative estimate of drug-likeness (QED) is 0.181. The molecular formula is C42H30N4. The molecule has 4 nitrogen and oxygen atoms in total. The zero-order valence-corrected chi connectivity index (χ0v) is 25.3. The molecule has 0 amide bonds. The second-order valence-corrected chi connectivity index (χ2v) is 11.8. The first kappa shape index (κ1) is 27.4. The van der Waals surface area contributed by atoms with Crippen molar-refractivity contribution in [1.29, 1.82) is 10.5 Å². The summed E-state index contributed by atoms with van der Waals surface area (Å²) in [6, 6.07) is 40.9. The fourth-order valence-electron chi connectivity index (χ4n) is 7.09. The Hall–Kier alpha value is -6.10. The molecule has 2 aliphatic rings. The minimum atomic E-state index is 0.119. The van der Waals surface area contributed by atoms with E-state index in [1.807, 2.05) is 36.4 Å². The van der Waals surface area contributed by atoms with E-state index in [4.69, 9.17) is 0 Å². The standard InChI is InChI=1S/C42H30N4/c43-27-29-11-19-35(20-12-29)45(33-7-3-1-4-8-33)39-25-17-31-16-24-38-40(26-18-32-15-23-37(39)41(31)42(32)38)46(34-9-5-2-6-10-34)36-21-13-30(28-44)14-22-36/h1-5,7-9,11-21,23-26,36H,6,10,22H2. The van der Waals surface area contributed by atoms with Gasteiger partial charge < -0.3 is 9.80 Å². The average molecular weight is 591 g/mol. The molecule has 0 spiro atoms. The summed E-state index contributed by atoms with van der Waals surface area (Å²) in [5.74, 6) is 0. The van der Waals surface area contributed by atoms with E-state index in [1.165, 1.54) is 43.7 Å². The number of nitrogens with zero attached hydrogens (tertiary/aromatic N) is 4. The molecule has 218 valence electrons. The molecule has 0 saturated heterocycles. The molecule has 0 heterocycles. The van der Waals surface area contributed by atoms with Crippen LogP contribution in [0.4, 0.5) is 22.7 Å². The van der Waals surface area contributed by atoms with Crippen LogP contribution in [0.2, 0.25) is 0 Å². The summed E-state index contributed by atoms with van der Waals surface area (Å²) in [6.45, 7) is 0. The molecule has 1 atom stereocenters. The first-order valence-corrected chi connectivity index (χ1v) is 15.7. The van der Waals surface area contributed by atoms with Crippen molar-refractivity contribution in [2.24, 2.45) is 0 Å². The Morgan fingerprint density at radius 1 is 0.674 bits per heavy atom. The van der Waals surface area contributed by atoms with E-state index >= 15 is 0 Å². The lowest BCUT2D eigenvalue weighted by atomic mass is 9.91. The average Bonchev–Trinajstić information content (AvgIpc) is 3.13. The molecule has 0 bridgehead atoms. The summed E-state index contributed by atoms with van der Waals surface area (Å²) in [7, 11) is 0. The van der Waals surface area contributed by atoms with Crippen molar-refractivity contribution >= 4 is 55.1 Å². The molecule has 8 rings (SSSR count). The minimum Gasteiger partial charge on any atom is -0.337 e. The Labute approximate surface area is 268 Å². The number of para-hydroxylation sites is 1. The lowest BCUT2D eigenvalue weighted by Crippen LogP contribution is -2.34. The third-order valence-electron chi connectivity index (χ3n) is 9.23. The number of hydrogen-bond donors (Lipinski definition) is 0. The number of nitriles is 2. The summed E-state index contributed by atoms with van der Waals surface area (Å²) in [6.07, 6.45) is 15.6. The molecule has 1 unspecified atom stereocenters. The van der Waals surface area contributed by atoms with Crippen molar-refractivity contribution in [3.63, 3.8) is 0 Å². The van der Waals surface area contributed by atoms with Crippen LogP contribution in [0.15, 0.2) is 151 Å². The van der Waals surface area contributed by atoms with E-state index < -0.39 is 0 Å². The smallest absolute Gasteiger partial charge is 0.0991 e. The van der Waals surface area contributed by atoms with Crippen molar-refractivity contribution in [3.05, 3.63) is 156 Å². The molecule has 6 aromatic carbocycles. The lowest BCUT2D eigenvalue weighted by Gasteiger charge is -2.36. The number of benzene rings is 6. The van der Waals surface area contributed by atoms with Gasteiger partial charge in [-0.05, 0) is 101 Å². The van der Waals surface area contributed by atoms with E-state index in [0.29, 0.717) is 5.56 Å². The molecule has 2 aliphatic carbocycles. The highest BCUT2D eigenvalue weighted by Crippen LogP contribution is 2.46. The van der Waals surface area contributed by atoms with Crippen molar-refractivity contribution < 1.29 is 0 Å². The lowest BCUT2D eigenvalue weighted by molar-refractivity contribution is 0.721. The summed E-state index contributed by atoms with van der Waals surface area (Å²) in [4.78, 5) is 4.77. The second kappa shape index (κ2) is 11.4. The van der Waals surface area contributed by atoms with E-state index in [9.17, 15) is 10.5 Å². The van der Waals surface area contributed by atoms with Crippen molar-refractivity contribution in [1.82, 2.24) is 0 Å². The van der Waals surface area contributed by atoms with Gasteiger partial charge in [-0.25, -0.2) is 0 Å². The minimum absolute atomic E-state index is 0.119. The Morgan fingerprint density at radius 2 is 1.35 bits per heavy atom. The molecule has 4 heteroatoms. The topological polar surface area (TPSA) is 54.1 Å². The van der Waals surface area contributed by atoms with Crippen LogP contribution in [0.3, 0.4) is 0 Å². The molecule has 0 N–H and O–H groups in total. The van der Waals surface area contributed by atoms with Crippen molar-refractivity contribution in [2.75, 3.05) is 9.80 Å². The summed E-state index contributed by atoms with van der Waals surface area (Å²) in [5.41, 5.74) is 6.98. The molecule has 0 saturated carbocycles. The third-order valence-corrected chi connectivity index (χ3v) is 9.23. The predicted octanol–water partition coefficient (Wildman–Crippen LogP) is 10.7. The highest BCUT2D eigenvalue weighted by Gasteiger charge is 2.26. The zero-order chi connectivity index (χ0) is 31.0. The zero-order valence-electron chi connectivity index (χ0n) is 25.3. The SMILES string of the molecule is N#CC1=CCC(N(C2=CC=CCC2)c2ccc3ccc4c(N(c5ccccc5)c5ccc(C#N)cc5)ccc5ccc2c3c54)C=C1. The van der Waals surface area contributed by atoms with Crippen LogP contribution in [0.1, 0.15) is 24.8 Å². The normalized spacial score (nSPS) is 15.8. The second-order valence-electron chi connectivity index (χ2n) is 11.8. The van der Waals surface area contributed by atoms with E-state index in [1.54, 1.807) is 0 Å². The number of hydrogen-bond acceptors (Lipinski definition) is 4. The van der Waals surface area contributed by atoms with Gasteiger partial charge in [-0.3, -0.25) is 0 Å². The van der Waals surface area contributed by atoms with Gasteiger partial charge in [-0.2, -0.15) is 10.5 Å². The van der Waals surface area contributed by atoms with Gasteiger partial charge in [0, 0.05) is 39.1 Å². The predicted molar refractivity (Wildman–Crippen MR) is 190 cm³/mol. The number of rotatable bonds is 6. The molecule has 0 fully saturated rings. The van der Waals surface area contributed by atoms with Crippen LogP contribution < -0.4 is 9.80 Å². The van der Waals surface area contributed by atoms with E-state index in [0.717, 1.165) is 41.9 Å². The van der Waals surface area contributed by atoms with E-state index in [-0.39, 0.29) is 6.04 Å². The highest BCUT2D eigenvalue weighted by molar-refractivity contribution is 6.27. The van der Waals surface area contributed by atoms with Gasteiger partial charge in [-0.15, -0.1) is 0 Å². The van der Waals surface area contributed by atoms with Gasteiger partial charge in [0.1, 0.15) is 0 Å². The monoisotopic (exact) mass is 590 g/mol. The fraction of sp³-hybridized carbons (Fsp3) is 0.0952.